The van der Waals surface area contributed by atoms with Crippen LogP contribution in [0.5, 0.6) is 0 Å². The second-order valence-corrected chi connectivity index (χ2v) is 16.1. The Labute approximate surface area is 297 Å². The molecule has 1 unspecified atom stereocenters. The zero-order valence-corrected chi connectivity index (χ0v) is 33.1. The number of phosphoric ester groups is 1. The summed E-state index contributed by atoms with van der Waals surface area (Å²) in [7, 11) is 1.67. The summed E-state index contributed by atoms with van der Waals surface area (Å²) >= 11 is 0. The van der Waals surface area contributed by atoms with Crippen molar-refractivity contribution in [3.05, 3.63) is 12.2 Å². The number of hydrogen-bond donors (Lipinski definition) is 1. The first-order valence-corrected chi connectivity index (χ1v) is 21.4. The van der Waals surface area contributed by atoms with E-state index in [1.54, 1.807) is 0 Å². The lowest BCUT2D eigenvalue weighted by Crippen LogP contribution is -2.37. The molecule has 0 heterocycles. The molecule has 0 aromatic carbocycles. The minimum atomic E-state index is -4.26. The molecule has 0 aliphatic heterocycles. The van der Waals surface area contributed by atoms with Gasteiger partial charge >= 0.3 is 13.8 Å². The van der Waals surface area contributed by atoms with Crippen molar-refractivity contribution in [3.63, 3.8) is 0 Å². The van der Waals surface area contributed by atoms with E-state index in [1.165, 1.54) is 109 Å². The molecular weight excluding hydrogens is 625 g/mol. The van der Waals surface area contributed by atoms with E-state index >= 15 is 0 Å². The Hall–Kier alpha value is -0.760. The lowest BCUT2D eigenvalue weighted by molar-refractivity contribution is -0.870. The standard InChI is InChI=1S/C39H78NO7P/c1-6-8-10-12-14-16-18-20-21-23-25-27-29-31-34-44-36-38(37-46-48(42,43)45-35-33-40(3,4)5)47-39(41)32-30-28-26-24-22-19-17-15-13-11-9-7-2/h15,17,38H,6-14,16,18-37H2,1-5H3/p+1/b17-15-/t38-/m1/s1. The molecule has 8 nitrogen and oxygen atoms in total. The fraction of sp³-hybridized carbons (Fsp3) is 0.923. The van der Waals surface area contributed by atoms with Crippen molar-refractivity contribution >= 4 is 13.8 Å². The maximum Gasteiger partial charge on any atom is 0.472 e. The number of allylic oxidation sites excluding steroid dienone is 2. The molecule has 0 saturated heterocycles. The van der Waals surface area contributed by atoms with Crippen LogP contribution in [0.4, 0.5) is 0 Å². The van der Waals surface area contributed by atoms with Gasteiger partial charge in [0.25, 0.3) is 0 Å². The van der Waals surface area contributed by atoms with Gasteiger partial charge in [-0.15, -0.1) is 0 Å². The lowest BCUT2D eigenvalue weighted by Gasteiger charge is -2.24. The summed E-state index contributed by atoms with van der Waals surface area (Å²) in [5.41, 5.74) is 0. The zero-order chi connectivity index (χ0) is 35.6. The van der Waals surface area contributed by atoms with Crippen LogP contribution in [0.15, 0.2) is 12.2 Å². The number of carbonyl (C=O) groups excluding carboxylic acids is 1. The van der Waals surface area contributed by atoms with Gasteiger partial charge in [0.15, 0.2) is 0 Å². The molecule has 0 aliphatic carbocycles. The van der Waals surface area contributed by atoms with E-state index in [0.29, 0.717) is 24.1 Å². The summed E-state index contributed by atoms with van der Waals surface area (Å²) < 4.78 is 34.9. The first-order valence-electron chi connectivity index (χ1n) is 19.9. The van der Waals surface area contributed by atoms with Gasteiger partial charge in [-0.3, -0.25) is 13.8 Å². The molecule has 0 aromatic heterocycles. The van der Waals surface area contributed by atoms with Crippen LogP contribution in [0, 0.1) is 0 Å². The second kappa shape index (κ2) is 33.4. The molecule has 2 atom stereocenters. The third kappa shape index (κ3) is 36.5. The Bertz CT molecular complexity index is 787. The molecule has 0 aromatic rings. The molecule has 9 heteroatoms. The van der Waals surface area contributed by atoms with Gasteiger partial charge in [0.1, 0.15) is 19.3 Å². The van der Waals surface area contributed by atoms with E-state index < -0.39 is 13.9 Å². The van der Waals surface area contributed by atoms with E-state index in [1.807, 2.05) is 21.1 Å². The van der Waals surface area contributed by atoms with Gasteiger partial charge in [-0.1, -0.05) is 142 Å². The average molecular weight is 705 g/mol. The smallest absolute Gasteiger partial charge is 0.457 e. The number of quaternary nitrogens is 1. The summed E-state index contributed by atoms with van der Waals surface area (Å²) in [6.45, 7) is 5.61. The Morgan fingerprint density at radius 3 is 1.62 bits per heavy atom. The first-order chi connectivity index (χ1) is 23.1. The first kappa shape index (κ1) is 47.2. The van der Waals surface area contributed by atoms with Gasteiger partial charge in [-0.2, -0.15) is 0 Å². The SMILES string of the molecule is CCCCC/C=C\CCCCCCCC(=O)O[C@H](COCCCCCCCCCCCCCCCC)COP(=O)(O)OCC[N+](C)(C)C. The van der Waals surface area contributed by atoms with Crippen molar-refractivity contribution in [3.8, 4) is 0 Å². The zero-order valence-electron chi connectivity index (χ0n) is 32.2. The summed E-state index contributed by atoms with van der Waals surface area (Å²) in [6.07, 6.45) is 33.7. The Morgan fingerprint density at radius 1 is 0.625 bits per heavy atom. The van der Waals surface area contributed by atoms with Gasteiger partial charge in [0.2, 0.25) is 0 Å². The van der Waals surface area contributed by atoms with Gasteiger partial charge in [0.05, 0.1) is 34.4 Å². The predicted molar refractivity (Wildman–Crippen MR) is 201 cm³/mol. The molecule has 48 heavy (non-hydrogen) atoms. The molecule has 1 N–H and O–H groups in total. The van der Waals surface area contributed by atoms with Crippen LogP contribution in [-0.2, 0) is 27.9 Å². The number of phosphoric acid groups is 1. The summed E-state index contributed by atoms with van der Waals surface area (Å²) in [4.78, 5) is 22.8. The fourth-order valence-corrected chi connectivity index (χ4v) is 6.17. The Kier molecular flexibility index (Phi) is 32.9. The number of ether oxygens (including phenoxy) is 2. The lowest BCUT2D eigenvalue weighted by atomic mass is 10.0. The van der Waals surface area contributed by atoms with Gasteiger partial charge in [-0.25, -0.2) is 4.57 Å². The molecule has 0 saturated carbocycles. The monoisotopic (exact) mass is 705 g/mol. The molecule has 0 aliphatic rings. The van der Waals surface area contributed by atoms with E-state index in [0.717, 1.165) is 44.9 Å². The van der Waals surface area contributed by atoms with Crippen LogP contribution in [0.2, 0.25) is 0 Å². The van der Waals surface area contributed by atoms with E-state index in [2.05, 4.69) is 26.0 Å². The largest absolute Gasteiger partial charge is 0.472 e. The topological polar surface area (TPSA) is 91.3 Å². The molecular formula is C39H79NO7P+. The van der Waals surface area contributed by atoms with Crippen molar-refractivity contribution in [1.29, 1.82) is 0 Å². The summed E-state index contributed by atoms with van der Waals surface area (Å²) in [5, 5.41) is 0. The Balaban J connectivity index is 4.27. The maximum absolute atomic E-state index is 12.6. The third-order valence-corrected chi connectivity index (χ3v) is 9.56. The molecule has 0 spiro atoms. The number of unbranched alkanes of at least 4 members (excludes halogenated alkanes) is 21. The molecule has 0 fully saturated rings. The van der Waals surface area contributed by atoms with E-state index in [4.69, 9.17) is 18.5 Å². The minimum Gasteiger partial charge on any atom is -0.457 e. The van der Waals surface area contributed by atoms with Crippen molar-refractivity contribution in [2.45, 2.75) is 180 Å². The third-order valence-electron chi connectivity index (χ3n) is 8.58. The van der Waals surface area contributed by atoms with Gasteiger partial charge in [-0.05, 0) is 38.5 Å². The van der Waals surface area contributed by atoms with Crippen LogP contribution in [0.3, 0.4) is 0 Å². The number of rotatable bonds is 37. The van der Waals surface area contributed by atoms with Gasteiger partial charge in [0, 0.05) is 13.0 Å². The van der Waals surface area contributed by atoms with Crippen molar-refractivity contribution < 1.29 is 37.3 Å². The van der Waals surface area contributed by atoms with E-state index in [9.17, 15) is 14.3 Å². The van der Waals surface area contributed by atoms with Crippen LogP contribution < -0.4 is 0 Å². The van der Waals surface area contributed by atoms with Crippen molar-refractivity contribution in [2.24, 2.45) is 0 Å². The normalized spacial score (nSPS) is 14.0. The van der Waals surface area contributed by atoms with Gasteiger partial charge < -0.3 is 18.9 Å². The number of carbonyl (C=O) groups is 1. The highest BCUT2D eigenvalue weighted by molar-refractivity contribution is 7.47. The quantitative estimate of drug-likeness (QED) is 0.0226. The maximum atomic E-state index is 12.6. The van der Waals surface area contributed by atoms with Crippen LogP contribution >= 0.6 is 7.82 Å². The van der Waals surface area contributed by atoms with Crippen molar-refractivity contribution in [1.82, 2.24) is 0 Å². The second-order valence-electron chi connectivity index (χ2n) is 14.7. The highest BCUT2D eigenvalue weighted by atomic mass is 31.2. The van der Waals surface area contributed by atoms with Crippen molar-refractivity contribution in [2.75, 3.05) is 54.1 Å². The minimum absolute atomic E-state index is 0.0899. The highest BCUT2D eigenvalue weighted by Gasteiger charge is 2.26. The predicted octanol–water partition coefficient (Wildman–Crippen LogP) is 11.1. The number of hydrogen-bond acceptors (Lipinski definition) is 6. The van der Waals surface area contributed by atoms with Crippen LogP contribution in [-0.4, -0.2) is 75.6 Å². The molecule has 0 amide bonds. The molecule has 0 rings (SSSR count). The Morgan fingerprint density at radius 2 is 1.08 bits per heavy atom. The molecule has 286 valence electrons. The van der Waals surface area contributed by atoms with Crippen LogP contribution in [0.25, 0.3) is 0 Å². The fourth-order valence-electron chi connectivity index (χ4n) is 5.43. The number of likely N-dealkylation sites (N-methyl/N-ethyl adjacent to an activating group) is 1. The van der Waals surface area contributed by atoms with Crippen LogP contribution in [0.1, 0.15) is 174 Å². The molecule has 0 radical (unpaired) electrons. The molecule has 0 bridgehead atoms. The average Bonchev–Trinajstić information content (AvgIpc) is 3.03. The summed E-state index contributed by atoms with van der Waals surface area (Å²) in [5.74, 6) is -0.322. The highest BCUT2D eigenvalue weighted by Crippen LogP contribution is 2.43. The summed E-state index contributed by atoms with van der Waals surface area (Å²) in [6, 6.07) is 0. The number of esters is 1. The van der Waals surface area contributed by atoms with E-state index in [-0.39, 0.29) is 25.8 Å². The number of nitrogens with zero attached hydrogens (tertiary/aromatic N) is 1.